The van der Waals surface area contributed by atoms with Crippen LogP contribution in [0.25, 0.3) is 21.9 Å². The zero-order valence-electron chi connectivity index (χ0n) is 23.4. The number of hydrogen-bond acceptors (Lipinski definition) is 7. The molecule has 0 unspecified atom stereocenters. The van der Waals surface area contributed by atoms with Crippen LogP contribution in [-0.2, 0) is 11.8 Å². The van der Waals surface area contributed by atoms with Gasteiger partial charge in [-0.1, -0.05) is 6.58 Å². The number of benzene rings is 3. The van der Waals surface area contributed by atoms with E-state index in [1.165, 1.54) is 12.4 Å². The van der Waals surface area contributed by atoms with Crippen molar-refractivity contribution in [3.8, 4) is 17.2 Å². The molecule has 0 aliphatic carbocycles. The topological polar surface area (TPSA) is 94.4 Å². The Labute approximate surface area is 251 Å². The van der Waals surface area contributed by atoms with Crippen LogP contribution in [0.15, 0.2) is 73.8 Å². The number of aromatic nitrogens is 4. The third kappa shape index (κ3) is 6.71. The largest absolute Gasteiger partial charge is 1.00 e. The van der Waals surface area contributed by atoms with Crippen molar-refractivity contribution in [3.05, 3.63) is 98.8 Å². The van der Waals surface area contributed by atoms with E-state index in [1.807, 2.05) is 67.4 Å². The maximum absolute atomic E-state index is 11.8. The molecule has 2 aromatic heterocycles. The first-order valence-electron chi connectivity index (χ1n) is 12.7. The molecular formula is C31H29LiN6O3-2. The summed E-state index contributed by atoms with van der Waals surface area (Å²) in [7, 11) is 1.96. The summed E-state index contributed by atoms with van der Waals surface area (Å²) in [6, 6.07) is 18.5. The Morgan fingerprint density at radius 2 is 2.05 bits per heavy atom. The number of aryl methyl sites for hydroxylation is 2. The van der Waals surface area contributed by atoms with Crippen molar-refractivity contribution in [3.63, 3.8) is 0 Å². The van der Waals surface area contributed by atoms with E-state index in [9.17, 15) is 4.79 Å². The smallest absolute Gasteiger partial charge is 0.550 e. The summed E-state index contributed by atoms with van der Waals surface area (Å²) in [6.45, 7) is 10.3. The number of nitrogens with zero attached hydrogens (tertiary/aromatic N) is 5. The van der Waals surface area contributed by atoms with Crippen LogP contribution in [0.3, 0.4) is 0 Å². The van der Waals surface area contributed by atoms with Gasteiger partial charge in [-0.25, -0.2) is 9.97 Å². The Morgan fingerprint density at radius 3 is 2.83 bits per heavy atom. The van der Waals surface area contributed by atoms with Gasteiger partial charge in [0.05, 0.1) is 23.2 Å². The van der Waals surface area contributed by atoms with E-state index in [1.54, 1.807) is 17.3 Å². The van der Waals surface area contributed by atoms with Gasteiger partial charge in [0.2, 0.25) is 5.91 Å². The first-order chi connectivity index (χ1) is 19.5. The molecule has 0 aliphatic rings. The van der Waals surface area contributed by atoms with E-state index in [0.29, 0.717) is 35.6 Å². The van der Waals surface area contributed by atoms with Crippen LogP contribution in [0.2, 0.25) is 0 Å². The van der Waals surface area contributed by atoms with Gasteiger partial charge in [0, 0.05) is 24.6 Å². The number of hydrogen-bond donors (Lipinski definition) is 1. The van der Waals surface area contributed by atoms with Gasteiger partial charge in [0.15, 0.2) is 0 Å². The second-order valence-corrected chi connectivity index (χ2v) is 9.09. The Hall–Kier alpha value is -4.32. The number of anilines is 2. The SMILES string of the molecule is C=CC(=O)N(C[CH2-])C[CH-]COc1[c-]ccc2ncnc(Nc3ccc(Oc4ccc5c(c4)ncn5C)c(C)c3)c12.[Li+]. The van der Waals surface area contributed by atoms with Gasteiger partial charge in [0.1, 0.15) is 17.8 Å². The fourth-order valence-corrected chi connectivity index (χ4v) is 4.28. The summed E-state index contributed by atoms with van der Waals surface area (Å²) in [4.78, 5) is 26.7. The predicted octanol–water partition coefficient (Wildman–Crippen LogP) is 2.60. The average Bonchev–Trinajstić information content (AvgIpc) is 3.34. The first kappa shape index (κ1) is 29.7. The molecule has 2 heterocycles. The first-order valence-corrected chi connectivity index (χ1v) is 12.7. The van der Waals surface area contributed by atoms with Gasteiger partial charge < -0.3 is 31.2 Å². The van der Waals surface area contributed by atoms with Crippen molar-refractivity contribution in [1.82, 2.24) is 24.4 Å². The molecule has 3 aromatic carbocycles. The van der Waals surface area contributed by atoms with Crippen LogP contribution >= 0.6 is 0 Å². The summed E-state index contributed by atoms with van der Waals surface area (Å²) in [5, 5.41) is 4.09. The zero-order valence-corrected chi connectivity index (χ0v) is 23.4. The van der Waals surface area contributed by atoms with Crippen molar-refractivity contribution >= 4 is 39.3 Å². The summed E-state index contributed by atoms with van der Waals surface area (Å²) >= 11 is 0. The van der Waals surface area contributed by atoms with Crippen molar-refractivity contribution in [2.45, 2.75) is 6.92 Å². The van der Waals surface area contributed by atoms with E-state index in [0.717, 1.165) is 33.8 Å². The van der Waals surface area contributed by atoms with Crippen LogP contribution in [0.4, 0.5) is 11.5 Å². The molecule has 0 bridgehead atoms. The monoisotopic (exact) mass is 540 g/mol. The van der Waals surface area contributed by atoms with Crippen LogP contribution in [0, 0.1) is 26.3 Å². The number of ether oxygens (including phenoxy) is 2. The van der Waals surface area contributed by atoms with Gasteiger partial charge in [-0.05, 0) is 66.4 Å². The maximum Gasteiger partial charge on any atom is 1.00 e. The Balaban J connectivity index is 0.00000387. The molecule has 0 saturated heterocycles. The van der Waals surface area contributed by atoms with Crippen molar-refractivity contribution < 1.29 is 33.1 Å². The molecule has 1 N–H and O–H groups in total. The average molecular weight is 541 g/mol. The predicted molar refractivity (Wildman–Crippen MR) is 156 cm³/mol. The molecule has 0 radical (unpaired) electrons. The summed E-state index contributed by atoms with van der Waals surface area (Å²) in [6.07, 6.45) is 6.41. The Morgan fingerprint density at radius 1 is 1.20 bits per heavy atom. The van der Waals surface area contributed by atoms with Gasteiger partial charge in [-0.15, -0.1) is 25.2 Å². The quantitative estimate of drug-likeness (QED) is 0.119. The summed E-state index contributed by atoms with van der Waals surface area (Å²) in [5.74, 6) is 2.39. The minimum atomic E-state index is -0.177. The third-order valence-electron chi connectivity index (χ3n) is 6.37. The standard InChI is InChI=1S/C31H29N6O3.Li/c1-5-29(38)37(6-2)15-8-16-39-28-10-7-9-24-30(28)31(33-19-32-24)35-22-11-14-27(21(3)17-22)40-23-12-13-26-25(18-23)34-20-36(26)4;/h5,7-9,11-14,17-20H,1-2,6,15-16H2,3-4H3,(H,32,33,35);/q-3;+1. The molecule has 9 nitrogen and oxygen atoms in total. The fourth-order valence-electron chi connectivity index (χ4n) is 4.28. The van der Waals surface area contributed by atoms with Crippen molar-refractivity contribution in [1.29, 1.82) is 0 Å². The Bertz CT molecular complexity index is 1680. The fraction of sp³-hybridized carbons (Fsp3) is 0.161. The third-order valence-corrected chi connectivity index (χ3v) is 6.37. The summed E-state index contributed by atoms with van der Waals surface area (Å²) in [5.41, 5.74) is 4.42. The minimum Gasteiger partial charge on any atom is -0.550 e. The summed E-state index contributed by atoms with van der Waals surface area (Å²) < 4.78 is 14.1. The van der Waals surface area contributed by atoms with E-state index < -0.39 is 0 Å². The number of carbonyl (C=O) groups is 1. The second kappa shape index (κ2) is 13.4. The molecule has 5 aromatic rings. The van der Waals surface area contributed by atoms with Gasteiger partial charge in [0.25, 0.3) is 0 Å². The second-order valence-electron chi connectivity index (χ2n) is 9.09. The van der Waals surface area contributed by atoms with Gasteiger partial charge in [-0.3, -0.25) is 16.2 Å². The molecule has 0 aliphatic heterocycles. The molecule has 5 rings (SSSR count). The molecule has 204 valence electrons. The molecule has 0 spiro atoms. The molecule has 0 saturated carbocycles. The molecule has 1 amide bonds. The number of fused-ring (bicyclic) bond motifs is 2. The number of imidazole rings is 1. The van der Waals surface area contributed by atoms with Crippen molar-refractivity contribution in [2.24, 2.45) is 7.05 Å². The van der Waals surface area contributed by atoms with Crippen LogP contribution < -0.4 is 33.7 Å². The van der Waals surface area contributed by atoms with E-state index in [2.05, 4.69) is 39.8 Å². The normalized spacial score (nSPS) is 10.7. The van der Waals surface area contributed by atoms with Gasteiger partial charge >= 0.3 is 18.9 Å². The van der Waals surface area contributed by atoms with E-state index in [-0.39, 0.29) is 31.4 Å². The molecule has 10 heteroatoms. The van der Waals surface area contributed by atoms with Crippen LogP contribution in [0.1, 0.15) is 5.56 Å². The number of amides is 1. The molecule has 0 atom stereocenters. The zero-order chi connectivity index (χ0) is 28.1. The number of carbonyl (C=O) groups excluding carboxylic acids is 1. The van der Waals surface area contributed by atoms with Gasteiger partial charge in [-0.2, -0.15) is 6.07 Å². The van der Waals surface area contributed by atoms with Crippen LogP contribution in [-0.4, -0.2) is 50.0 Å². The van der Waals surface area contributed by atoms with Crippen molar-refractivity contribution in [2.75, 3.05) is 25.0 Å². The maximum atomic E-state index is 11.8. The molecule has 41 heavy (non-hydrogen) atoms. The van der Waals surface area contributed by atoms with E-state index in [4.69, 9.17) is 9.47 Å². The number of rotatable bonds is 11. The van der Waals surface area contributed by atoms with E-state index >= 15 is 0 Å². The number of nitrogens with one attached hydrogen (secondary N) is 1. The Kier molecular flexibility index (Phi) is 9.66. The molecular weight excluding hydrogens is 511 g/mol. The molecule has 0 fully saturated rings. The minimum absolute atomic E-state index is 0. The van der Waals surface area contributed by atoms with Crippen LogP contribution in [0.5, 0.6) is 17.2 Å².